The smallest absolute Gasteiger partial charge is 0.147 e. The largest absolute Gasteiger partial charge is 0.397 e. The summed E-state index contributed by atoms with van der Waals surface area (Å²) in [7, 11) is 0. The van der Waals surface area contributed by atoms with Crippen molar-refractivity contribution in [1.29, 1.82) is 0 Å². The van der Waals surface area contributed by atoms with Gasteiger partial charge in [0.1, 0.15) is 5.82 Å². The van der Waals surface area contributed by atoms with Crippen LogP contribution in [0.25, 0.3) is 0 Å². The predicted molar refractivity (Wildman–Crippen MR) is 68.9 cm³/mol. The standard InChI is InChI=1S/C12H18ClN3/c1-2-9-4-3-5-16(8-9)12-11(13)6-10(14)7-15-12/h6-7,9H,2-5,8,14H2,1H3. The molecular formula is C12H18ClN3. The molecule has 1 unspecified atom stereocenters. The maximum atomic E-state index is 6.17. The lowest BCUT2D eigenvalue weighted by Gasteiger charge is -2.33. The van der Waals surface area contributed by atoms with E-state index in [0.29, 0.717) is 10.7 Å². The van der Waals surface area contributed by atoms with Gasteiger partial charge < -0.3 is 10.6 Å². The Hall–Kier alpha value is -0.960. The topological polar surface area (TPSA) is 42.2 Å². The lowest BCUT2D eigenvalue weighted by Crippen LogP contribution is -2.35. The molecule has 0 aliphatic carbocycles. The molecule has 0 spiro atoms. The quantitative estimate of drug-likeness (QED) is 0.863. The summed E-state index contributed by atoms with van der Waals surface area (Å²) >= 11 is 6.17. The highest BCUT2D eigenvalue weighted by molar-refractivity contribution is 6.33. The van der Waals surface area contributed by atoms with Crippen molar-refractivity contribution < 1.29 is 0 Å². The van der Waals surface area contributed by atoms with Crippen LogP contribution in [-0.4, -0.2) is 18.1 Å². The molecule has 0 bridgehead atoms. The second-order valence-corrected chi connectivity index (χ2v) is 4.84. The number of nitrogens with two attached hydrogens (primary N) is 1. The zero-order chi connectivity index (χ0) is 11.5. The molecule has 0 saturated carbocycles. The lowest BCUT2D eigenvalue weighted by molar-refractivity contribution is 0.403. The van der Waals surface area contributed by atoms with Gasteiger partial charge in [0.15, 0.2) is 0 Å². The van der Waals surface area contributed by atoms with Gasteiger partial charge in [0.25, 0.3) is 0 Å². The van der Waals surface area contributed by atoms with Crippen molar-refractivity contribution >= 4 is 23.1 Å². The monoisotopic (exact) mass is 239 g/mol. The normalized spacial score (nSPS) is 21.1. The summed E-state index contributed by atoms with van der Waals surface area (Å²) < 4.78 is 0. The van der Waals surface area contributed by atoms with E-state index in [1.807, 2.05) is 0 Å². The van der Waals surface area contributed by atoms with Gasteiger partial charge in [0.2, 0.25) is 0 Å². The van der Waals surface area contributed by atoms with Gasteiger partial charge in [-0.2, -0.15) is 0 Å². The van der Waals surface area contributed by atoms with Crippen molar-refractivity contribution in [2.75, 3.05) is 23.7 Å². The van der Waals surface area contributed by atoms with E-state index in [1.54, 1.807) is 12.3 Å². The van der Waals surface area contributed by atoms with Gasteiger partial charge in [-0.05, 0) is 24.8 Å². The number of rotatable bonds is 2. The minimum Gasteiger partial charge on any atom is -0.397 e. The number of anilines is 2. The molecule has 3 nitrogen and oxygen atoms in total. The molecule has 1 aromatic heterocycles. The fourth-order valence-electron chi connectivity index (χ4n) is 2.27. The minimum atomic E-state index is 0.623. The molecule has 2 N–H and O–H groups in total. The van der Waals surface area contributed by atoms with Crippen LogP contribution in [0.3, 0.4) is 0 Å². The number of hydrogen-bond donors (Lipinski definition) is 1. The first-order chi connectivity index (χ1) is 7.70. The van der Waals surface area contributed by atoms with Crippen molar-refractivity contribution in [3.05, 3.63) is 17.3 Å². The van der Waals surface area contributed by atoms with Gasteiger partial charge in [-0.15, -0.1) is 0 Å². The first-order valence-corrected chi connectivity index (χ1v) is 6.24. The van der Waals surface area contributed by atoms with Gasteiger partial charge in [-0.1, -0.05) is 24.9 Å². The molecule has 2 heterocycles. The Bertz CT molecular complexity index is 367. The third-order valence-electron chi connectivity index (χ3n) is 3.24. The molecule has 16 heavy (non-hydrogen) atoms. The molecule has 1 fully saturated rings. The van der Waals surface area contributed by atoms with Crippen LogP contribution in [0.1, 0.15) is 26.2 Å². The molecule has 1 atom stereocenters. The van der Waals surface area contributed by atoms with Gasteiger partial charge in [0, 0.05) is 13.1 Å². The molecule has 0 aromatic carbocycles. The van der Waals surface area contributed by atoms with E-state index in [1.165, 1.54) is 19.3 Å². The number of piperidine rings is 1. The highest BCUT2D eigenvalue weighted by Crippen LogP contribution is 2.29. The van der Waals surface area contributed by atoms with Crippen molar-refractivity contribution in [3.63, 3.8) is 0 Å². The second kappa shape index (κ2) is 4.91. The number of hydrogen-bond acceptors (Lipinski definition) is 3. The molecule has 4 heteroatoms. The summed E-state index contributed by atoms with van der Waals surface area (Å²) in [5.74, 6) is 1.65. The van der Waals surface area contributed by atoms with E-state index in [4.69, 9.17) is 17.3 Å². The molecule has 1 aliphatic heterocycles. The first kappa shape index (κ1) is 11.5. The second-order valence-electron chi connectivity index (χ2n) is 4.44. The van der Waals surface area contributed by atoms with Crippen molar-refractivity contribution in [3.8, 4) is 0 Å². The summed E-state index contributed by atoms with van der Waals surface area (Å²) in [5.41, 5.74) is 6.27. The van der Waals surface area contributed by atoms with Crippen molar-refractivity contribution in [2.24, 2.45) is 5.92 Å². The van der Waals surface area contributed by atoms with E-state index in [2.05, 4.69) is 16.8 Å². The maximum absolute atomic E-state index is 6.17. The van der Waals surface area contributed by atoms with Gasteiger partial charge in [-0.25, -0.2) is 4.98 Å². The minimum absolute atomic E-state index is 0.623. The molecular weight excluding hydrogens is 222 g/mol. The fourth-order valence-corrected chi connectivity index (χ4v) is 2.56. The van der Waals surface area contributed by atoms with Crippen LogP contribution in [-0.2, 0) is 0 Å². The zero-order valence-corrected chi connectivity index (χ0v) is 10.4. The van der Waals surface area contributed by atoms with Crippen molar-refractivity contribution in [2.45, 2.75) is 26.2 Å². The van der Waals surface area contributed by atoms with E-state index >= 15 is 0 Å². The maximum Gasteiger partial charge on any atom is 0.147 e. The number of pyridine rings is 1. The average Bonchev–Trinajstić information content (AvgIpc) is 2.29. The van der Waals surface area contributed by atoms with Gasteiger partial charge in [-0.3, -0.25) is 0 Å². The van der Waals surface area contributed by atoms with E-state index in [-0.39, 0.29) is 0 Å². The zero-order valence-electron chi connectivity index (χ0n) is 9.62. The van der Waals surface area contributed by atoms with Crippen LogP contribution in [0.2, 0.25) is 5.02 Å². The number of aromatic nitrogens is 1. The molecule has 1 saturated heterocycles. The molecule has 1 aromatic rings. The van der Waals surface area contributed by atoms with Gasteiger partial charge >= 0.3 is 0 Å². The molecule has 0 amide bonds. The van der Waals surface area contributed by atoms with Crippen LogP contribution in [0.15, 0.2) is 12.3 Å². The highest BCUT2D eigenvalue weighted by Gasteiger charge is 2.21. The third kappa shape index (κ3) is 2.40. The first-order valence-electron chi connectivity index (χ1n) is 5.86. The lowest BCUT2D eigenvalue weighted by atomic mass is 9.96. The Morgan fingerprint density at radius 2 is 2.44 bits per heavy atom. The Morgan fingerprint density at radius 3 is 3.12 bits per heavy atom. The number of halogens is 1. The SMILES string of the molecule is CCC1CCCN(c2ncc(N)cc2Cl)C1. The summed E-state index contributed by atoms with van der Waals surface area (Å²) in [6, 6.07) is 1.78. The predicted octanol–water partition coefficient (Wildman–Crippen LogP) is 2.94. The number of nitrogens with zero attached hydrogens (tertiary/aromatic N) is 2. The van der Waals surface area contributed by atoms with E-state index in [9.17, 15) is 0 Å². The molecule has 2 rings (SSSR count). The van der Waals surface area contributed by atoms with Crippen LogP contribution in [0.5, 0.6) is 0 Å². The Balaban J connectivity index is 2.16. The Morgan fingerprint density at radius 1 is 1.62 bits per heavy atom. The molecule has 1 aliphatic rings. The van der Waals surface area contributed by atoms with E-state index < -0.39 is 0 Å². The fraction of sp³-hybridized carbons (Fsp3) is 0.583. The van der Waals surface area contributed by atoms with E-state index in [0.717, 1.165) is 24.8 Å². The Kier molecular flexibility index (Phi) is 3.54. The van der Waals surface area contributed by atoms with Crippen LogP contribution < -0.4 is 10.6 Å². The van der Waals surface area contributed by atoms with Crippen molar-refractivity contribution in [1.82, 2.24) is 4.98 Å². The number of nitrogen functional groups attached to an aromatic ring is 1. The Labute approximate surface area is 102 Å². The van der Waals surface area contributed by atoms with Gasteiger partial charge in [0.05, 0.1) is 16.9 Å². The highest BCUT2D eigenvalue weighted by atomic mass is 35.5. The average molecular weight is 240 g/mol. The van der Waals surface area contributed by atoms with Crippen LogP contribution >= 0.6 is 11.6 Å². The third-order valence-corrected chi connectivity index (χ3v) is 3.52. The molecule has 88 valence electrons. The van der Waals surface area contributed by atoms with Crippen LogP contribution in [0, 0.1) is 5.92 Å². The summed E-state index contributed by atoms with van der Waals surface area (Å²) in [4.78, 5) is 6.62. The summed E-state index contributed by atoms with van der Waals surface area (Å²) in [6.45, 7) is 4.35. The van der Waals surface area contributed by atoms with Crippen LogP contribution in [0.4, 0.5) is 11.5 Å². The molecule has 0 radical (unpaired) electrons. The summed E-state index contributed by atoms with van der Waals surface area (Å²) in [5, 5.41) is 0.664. The summed E-state index contributed by atoms with van der Waals surface area (Å²) in [6.07, 6.45) is 5.44.